The van der Waals surface area contributed by atoms with Gasteiger partial charge < -0.3 is 25.0 Å². The molecule has 33 heavy (non-hydrogen) atoms. The molecule has 8 heteroatoms. The summed E-state index contributed by atoms with van der Waals surface area (Å²) in [4.78, 5) is 19.6. The van der Waals surface area contributed by atoms with Crippen LogP contribution in [0.1, 0.15) is 85.5 Å². The van der Waals surface area contributed by atoms with Crippen molar-refractivity contribution in [3.05, 3.63) is 0 Å². The second-order valence-corrected chi connectivity index (χ2v) is 11.7. The molecule has 2 saturated carbocycles. The summed E-state index contributed by atoms with van der Waals surface area (Å²) < 4.78 is 11.9. The van der Waals surface area contributed by atoms with Crippen molar-refractivity contribution in [2.75, 3.05) is 13.2 Å². The van der Waals surface area contributed by atoms with Crippen molar-refractivity contribution in [2.45, 2.75) is 121 Å². The van der Waals surface area contributed by atoms with Gasteiger partial charge in [0.2, 0.25) is 0 Å². The highest BCUT2D eigenvalue weighted by molar-refractivity contribution is 14.0. The molecule has 0 radical (unpaired) electrons. The number of hydrogen-bond acceptors (Lipinski definition) is 4. The first-order valence-corrected chi connectivity index (χ1v) is 13.0. The minimum Gasteiger partial charge on any atom is -0.444 e. The minimum atomic E-state index is -0.447. The third kappa shape index (κ3) is 4.71. The molecule has 1 amide bonds. The summed E-state index contributed by atoms with van der Waals surface area (Å²) in [6, 6.07) is 1.36. The fourth-order valence-corrected chi connectivity index (χ4v) is 7.44. The molecule has 5 fully saturated rings. The standard InChI is InChI=1S/C25H42N4O3.HI/c1-5-26-22(28-20-19-10-13-31-21(19)25(20)11-6-7-12-25)27-16-14-17-8-9-18(15-16)29(17)23(30)32-24(2,3)4;/h16-21H,5-15H2,1-4H3,(H2,26,27,28);1H. The largest absolute Gasteiger partial charge is 0.444 e. The normalized spacial score (nSPS) is 36.7. The Morgan fingerprint density at radius 1 is 1.12 bits per heavy atom. The Bertz CT molecular complexity index is 734. The van der Waals surface area contributed by atoms with Crippen LogP contribution in [-0.4, -0.2) is 66.0 Å². The van der Waals surface area contributed by atoms with Crippen LogP contribution in [0.3, 0.4) is 0 Å². The molecule has 5 rings (SSSR count). The Balaban J connectivity index is 0.00000259. The molecule has 5 atom stereocenters. The number of halogens is 1. The fraction of sp³-hybridized carbons (Fsp3) is 0.920. The van der Waals surface area contributed by atoms with Gasteiger partial charge in [0.15, 0.2) is 5.96 Å². The van der Waals surface area contributed by atoms with Crippen LogP contribution in [0.15, 0.2) is 4.99 Å². The van der Waals surface area contributed by atoms with Gasteiger partial charge >= 0.3 is 6.09 Å². The van der Waals surface area contributed by atoms with Gasteiger partial charge in [-0.3, -0.25) is 4.99 Å². The average Bonchev–Trinajstić information content (AvgIpc) is 3.42. The van der Waals surface area contributed by atoms with Crippen molar-refractivity contribution in [3.8, 4) is 0 Å². The third-order valence-corrected chi connectivity index (χ3v) is 8.57. The molecule has 5 aliphatic rings. The van der Waals surface area contributed by atoms with E-state index in [0.717, 1.165) is 44.8 Å². The summed E-state index contributed by atoms with van der Waals surface area (Å²) in [6.07, 6.45) is 10.8. The highest BCUT2D eigenvalue weighted by Gasteiger charge is 2.65. The van der Waals surface area contributed by atoms with Crippen LogP contribution in [0.4, 0.5) is 4.79 Å². The summed E-state index contributed by atoms with van der Waals surface area (Å²) in [5.41, 5.74) is -0.131. The Hall–Kier alpha value is -0.770. The number of carbonyl (C=O) groups is 1. The highest BCUT2D eigenvalue weighted by Crippen LogP contribution is 2.60. The van der Waals surface area contributed by atoms with Crippen molar-refractivity contribution >= 4 is 36.0 Å². The van der Waals surface area contributed by atoms with E-state index in [9.17, 15) is 4.79 Å². The summed E-state index contributed by atoms with van der Waals surface area (Å²) in [5.74, 6) is 1.59. The minimum absolute atomic E-state index is 0. The van der Waals surface area contributed by atoms with Crippen LogP contribution in [0.2, 0.25) is 0 Å². The summed E-state index contributed by atoms with van der Waals surface area (Å²) in [6.45, 7) is 9.61. The van der Waals surface area contributed by atoms with Gasteiger partial charge in [0.1, 0.15) is 5.60 Å². The smallest absolute Gasteiger partial charge is 0.410 e. The Morgan fingerprint density at radius 2 is 1.79 bits per heavy atom. The second-order valence-electron chi connectivity index (χ2n) is 11.7. The number of aliphatic imine (C=N–C) groups is 1. The zero-order valence-electron chi connectivity index (χ0n) is 20.8. The lowest BCUT2D eigenvalue weighted by molar-refractivity contribution is -0.125. The first-order valence-electron chi connectivity index (χ1n) is 13.0. The zero-order chi connectivity index (χ0) is 22.5. The lowest BCUT2D eigenvalue weighted by Gasteiger charge is -2.57. The quantitative estimate of drug-likeness (QED) is 0.296. The van der Waals surface area contributed by atoms with E-state index >= 15 is 0 Å². The molecular weight excluding hydrogens is 531 g/mol. The number of ether oxygens (including phenoxy) is 2. The van der Waals surface area contributed by atoms with E-state index in [1.165, 1.54) is 32.1 Å². The van der Waals surface area contributed by atoms with Crippen LogP contribution in [0.5, 0.6) is 0 Å². The molecule has 1 spiro atoms. The van der Waals surface area contributed by atoms with E-state index in [0.29, 0.717) is 29.5 Å². The molecule has 188 valence electrons. The lowest BCUT2D eigenvalue weighted by Crippen LogP contribution is -2.69. The molecule has 2 N–H and O–H groups in total. The number of piperidine rings is 1. The molecular formula is C25H43IN4O3. The molecule has 0 aromatic rings. The van der Waals surface area contributed by atoms with Gasteiger partial charge in [-0.2, -0.15) is 0 Å². The van der Waals surface area contributed by atoms with Gasteiger partial charge in [0, 0.05) is 48.7 Å². The van der Waals surface area contributed by atoms with Crippen molar-refractivity contribution in [1.29, 1.82) is 0 Å². The van der Waals surface area contributed by atoms with Crippen LogP contribution < -0.4 is 10.6 Å². The molecule has 0 aromatic carbocycles. The SMILES string of the molecule is CCN=C(NC1CC2CCC(C1)N2C(=O)OC(C)(C)C)NC1C2CCOC2C12CCCC2.I. The Labute approximate surface area is 216 Å². The van der Waals surface area contributed by atoms with Crippen LogP contribution in [-0.2, 0) is 9.47 Å². The van der Waals surface area contributed by atoms with Gasteiger partial charge in [-0.1, -0.05) is 12.8 Å². The van der Waals surface area contributed by atoms with Gasteiger partial charge in [0.25, 0.3) is 0 Å². The number of hydrogen-bond donors (Lipinski definition) is 2. The predicted octanol–water partition coefficient (Wildman–Crippen LogP) is 4.44. The first-order chi connectivity index (χ1) is 15.3. The van der Waals surface area contributed by atoms with Gasteiger partial charge in [0.05, 0.1) is 6.10 Å². The second kappa shape index (κ2) is 9.70. The number of nitrogens with one attached hydrogen (secondary N) is 2. The molecule has 7 nitrogen and oxygen atoms in total. The van der Waals surface area contributed by atoms with Gasteiger partial charge in [-0.15, -0.1) is 24.0 Å². The zero-order valence-corrected chi connectivity index (χ0v) is 23.1. The maximum Gasteiger partial charge on any atom is 0.410 e. The van der Waals surface area contributed by atoms with E-state index < -0.39 is 5.60 Å². The maximum atomic E-state index is 12.8. The van der Waals surface area contributed by atoms with Gasteiger partial charge in [-0.05, 0) is 72.6 Å². The van der Waals surface area contributed by atoms with E-state index in [1.807, 2.05) is 25.7 Å². The molecule has 3 heterocycles. The summed E-state index contributed by atoms with van der Waals surface area (Å²) in [5, 5.41) is 7.64. The predicted molar refractivity (Wildman–Crippen MR) is 140 cm³/mol. The number of nitrogens with zero attached hydrogens (tertiary/aromatic N) is 2. The van der Waals surface area contributed by atoms with E-state index in [1.54, 1.807) is 0 Å². The third-order valence-electron chi connectivity index (χ3n) is 8.57. The molecule has 0 aromatic heterocycles. The number of rotatable bonds is 3. The first kappa shape index (κ1) is 25.3. The summed E-state index contributed by atoms with van der Waals surface area (Å²) >= 11 is 0. The topological polar surface area (TPSA) is 75.2 Å². The number of fused-ring (bicyclic) bond motifs is 4. The fourth-order valence-electron chi connectivity index (χ4n) is 7.44. The monoisotopic (exact) mass is 574 g/mol. The van der Waals surface area contributed by atoms with E-state index in [-0.39, 0.29) is 42.2 Å². The molecule has 5 unspecified atom stereocenters. The molecule has 2 aliphatic carbocycles. The Morgan fingerprint density at radius 3 is 2.39 bits per heavy atom. The highest BCUT2D eigenvalue weighted by atomic mass is 127. The molecule has 2 bridgehead atoms. The summed E-state index contributed by atoms with van der Waals surface area (Å²) in [7, 11) is 0. The van der Waals surface area contributed by atoms with Crippen molar-refractivity contribution in [3.63, 3.8) is 0 Å². The van der Waals surface area contributed by atoms with Crippen LogP contribution >= 0.6 is 24.0 Å². The Kier molecular flexibility index (Phi) is 7.45. The van der Waals surface area contributed by atoms with Crippen molar-refractivity contribution in [1.82, 2.24) is 15.5 Å². The van der Waals surface area contributed by atoms with Crippen molar-refractivity contribution in [2.24, 2.45) is 16.3 Å². The molecule has 3 aliphatic heterocycles. The van der Waals surface area contributed by atoms with Gasteiger partial charge in [-0.25, -0.2) is 4.79 Å². The lowest BCUT2D eigenvalue weighted by atomic mass is 9.54. The van der Waals surface area contributed by atoms with E-state index in [4.69, 9.17) is 14.5 Å². The average molecular weight is 575 g/mol. The number of amides is 1. The van der Waals surface area contributed by atoms with E-state index in [2.05, 4.69) is 17.6 Å². The molecule has 3 saturated heterocycles. The number of guanidine groups is 1. The van der Waals surface area contributed by atoms with Crippen LogP contribution in [0.25, 0.3) is 0 Å². The van der Waals surface area contributed by atoms with Crippen molar-refractivity contribution < 1.29 is 14.3 Å². The maximum absolute atomic E-state index is 12.8. The van der Waals surface area contributed by atoms with Crippen LogP contribution in [0, 0.1) is 11.3 Å². The number of carbonyl (C=O) groups excluding carboxylic acids is 1.